The topological polar surface area (TPSA) is 77.8 Å². The van der Waals surface area contributed by atoms with Crippen molar-refractivity contribution in [3.05, 3.63) is 29.8 Å². The lowest BCUT2D eigenvalue weighted by atomic mass is 10.0. The van der Waals surface area contributed by atoms with Gasteiger partial charge in [0.05, 0.1) is 12.0 Å². The van der Waals surface area contributed by atoms with Crippen molar-refractivity contribution >= 4 is 11.9 Å². The highest BCUT2D eigenvalue weighted by molar-refractivity contribution is 5.81. The summed E-state index contributed by atoms with van der Waals surface area (Å²) < 4.78 is 0. The van der Waals surface area contributed by atoms with Crippen LogP contribution in [0.1, 0.15) is 37.8 Å². The summed E-state index contributed by atoms with van der Waals surface area (Å²) in [5.74, 6) is -1.34. The Labute approximate surface area is 124 Å². The highest BCUT2D eigenvalue weighted by atomic mass is 16.4. The molecular weight excluding hydrogens is 270 g/mol. The molecule has 21 heavy (non-hydrogen) atoms. The Morgan fingerprint density at radius 1 is 1.24 bits per heavy atom. The third-order valence-electron chi connectivity index (χ3n) is 4.45. The Kier molecular flexibility index (Phi) is 4.50. The van der Waals surface area contributed by atoms with E-state index in [-0.39, 0.29) is 23.6 Å². The zero-order valence-electron chi connectivity index (χ0n) is 12.3. The first-order valence-corrected chi connectivity index (χ1v) is 7.19. The highest BCUT2D eigenvalue weighted by Gasteiger charge is 2.36. The minimum atomic E-state index is -0.818. The third kappa shape index (κ3) is 3.17. The predicted octanol–water partition coefficient (Wildman–Crippen LogP) is 2.41. The molecule has 1 fully saturated rings. The fourth-order valence-corrected chi connectivity index (χ4v) is 2.96. The Hall–Kier alpha value is -2.04. The van der Waals surface area contributed by atoms with Crippen molar-refractivity contribution in [2.45, 2.75) is 32.2 Å². The van der Waals surface area contributed by atoms with E-state index in [1.54, 1.807) is 30.1 Å². The molecular formula is C16H21NO4. The van der Waals surface area contributed by atoms with Gasteiger partial charge in [-0.15, -0.1) is 0 Å². The molecule has 3 unspecified atom stereocenters. The van der Waals surface area contributed by atoms with E-state index < -0.39 is 11.9 Å². The van der Waals surface area contributed by atoms with E-state index in [0.29, 0.717) is 24.8 Å². The van der Waals surface area contributed by atoms with Crippen LogP contribution >= 0.6 is 0 Å². The van der Waals surface area contributed by atoms with Crippen LogP contribution in [0.15, 0.2) is 24.3 Å². The lowest BCUT2D eigenvalue weighted by molar-refractivity contribution is -0.141. The summed E-state index contributed by atoms with van der Waals surface area (Å²) in [7, 11) is 1.70. The highest BCUT2D eigenvalue weighted by Crippen LogP contribution is 2.35. The monoisotopic (exact) mass is 291 g/mol. The second-order valence-corrected chi connectivity index (χ2v) is 5.73. The second-order valence-electron chi connectivity index (χ2n) is 5.73. The maximum absolute atomic E-state index is 12.5. The van der Waals surface area contributed by atoms with Crippen LogP contribution in [0.4, 0.5) is 0 Å². The van der Waals surface area contributed by atoms with Gasteiger partial charge in [-0.05, 0) is 32.3 Å². The number of aromatic hydroxyl groups is 1. The molecule has 5 heteroatoms. The normalized spacial score (nSPS) is 22.8. The van der Waals surface area contributed by atoms with E-state index in [0.717, 1.165) is 0 Å². The van der Waals surface area contributed by atoms with Crippen LogP contribution in [0.3, 0.4) is 0 Å². The van der Waals surface area contributed by atoms with Gasteiger partial charge in [0.15, 0.2) is 0 Å². The van der Waals surface area contributed by atoms with Crippen LogP contribution in [-0.2, 0) is 9.59 Å². The van der Waals surface area contributed by atoms with E-state index in [1.807, 2.05) is 13.0 Å². The number of para-hydroxylation sites is 1. The summed E-state index contributed by atoms with van der Waals surface area (Å²) >= 11 is 0. The minimum absolute atomic E-state index is 0.0468. The average Bonchev–Trinajstić information content (AvgIpc) is 2.95. The van der Waals surface area contributed by atoms with Crippen LogP contribution in [-0.4, -0.2) is 34.0 Å². The summed E-state index contributed by atoms with van der Waals surface area (Å²) in [6.45, 7) is 1.86. The van der Waals surface area contributed by atoms with Crippen molar-refractivity contribution in [2.75, 3.05) is 7.05 Å². The number of phenolic OH excluding ortho intramolecular Hbond substituents is 1. The van der Waals surface area contributed by atoms with Crippen LogP contribution in [0.25, 0.3) is 0 Å². The lowest BCUT2D eigenvalue weighted by Crippen LogP contribution is -2.34. The lowest BCUT2D eigenvalue weighted by Gasteiger charge is -2.28. The molecule has 1 saturated carbocycles. The summed E-state index contributed by atoms with van der Waals surface area (Å²) in [4.78, 5) is 25.1. The molecule has 0 heterocycles. The Morgan fingerprint density at radius 2 is 1.86 bits per heavy atom. The Bertz CT molecular complexity index is 543. The van der Waals surface area contributed by atoms with Gasteiger partial charge in [-0.25, -0.2) is 0 Å². The number of rotatable bonds is 4. The quantitative estimate of drug-likeness (QED) is 0.893. The molecule has 1 aliphatic carbocycles. The molecule has 2 rings (SSSR count). The third-order valence-corrected chi connectivity index (χ3v) is 4.45. The molecule has 1 aromatic rings. The number of carboxylic acid groups (broad SMARTS) is 1. The molecule has 1 aliphatic rings. The molecule has 1 amide bonds. The van der Waals surface area contributed by atoms with E-state index in [2.05, 4.69) is 0 Å². The second kappa shape index (κ2) is 6.16. The number of hydrogen-bond donors (Lipinski definition) is 2. The van der Waals surface area contributed by atoms with Gasteiger partial charge < -0.3 is 15.1 Å². The van der Waals surface area contributed by atoms with Gasteiger partial charge in [0, 0.05) is 18.5 Å². The molecule has 0 aromatic heterocycles. The van der Waals surface area contributed by atoms with Crippen molar-refractivity contribution in [3.8, 4) is 5.75 Å². The van der Waals surface area contributed by atoms with Crippen molar-refractivity contribution < 1.29 is 19.8 Å². The Balaban J connectivity index is 2.06. The number of hydrogen-bond acceptors (Lipinski definition) is 3. The molecule has 0 bridgehead atoms. The number of nitrogens with zero attached hydrogens (tertiary/aromatic N) is 1. The van der Waals surface area contributed by atoms with Crippen molar-refractivity contribution in [1.82, 2.24) is 4.90 Å². The number of aliphatic carboxylic acids is 1. The number of carboxylic acids is 1. The number of phenols is 1. The smallest absolute Gasteiger partial charge is 0.306 e. The van der Waals surface area contributed by atoms with Gasteiger partial charge >= 0.3 is 5.97 Å². The zero-order chi connectivity index (χ0) is 15.6. The van der Waals surface area contributed by atoms with Crippen LogP contribution in [0, 0.1) is 11.8 Å². The minimum Gasteiger partial charge on any atom is -0.508 e. The predicted molar refractivity (Wildman–Crippen MR) is 77.8 cm³/mol. The van der Waals surface area contributed by atoms with E-state index in [4.69, 9.17) is 5.11 Å². The molecule has 114 valence electrons. The fourth-order valence-electron chi connectivity index (χ4n) is 2.96. The maximum atomic E-state index is 12.5. The maximum Gasteiger partial charge on any atom is 0.306 e. The first kappa shape index (κ1) is 15.4. The molecule has 0 aliphatic heterocycles. The Morgan fingerprint density at radius 3 is 2.43 bits per heavy atom. The average molecular weight is 291 g/mol. The van der Waals surface area contributed by atoms with Gasteiger partial charge in [0.1, 0.15) is 5.75 Å². The van der Waals surface area contributed by atoms with Gasteiger partial charge in [0.25, 0.3) is 0 Å². The number of amides is 1. The van der Waals surface area contributed by atoms with Gasteiger partial charge in [-0.1, -0.05) is 18.2 Å². The summed E-state index contributed by atoms with van der Waals surface area (Å²) in [6.07, 6.45) is 1.59. The van der Waals surface area contributed by atoms with E-state index >= 15 is 0 Å². The van der Waals surface area contributed by atoms with Crippen LogP contribution in [0.2, 0.25) is 0 Å². The van der Waals surface area contributed by atoms with Gasteiger partial charge in [-0.3, -0.25) is 9.59 Å². The van der Waals surface area contributed by atoms with Crippen LogP contribution < -0.4 is 0 Å². The number of carbonyl (C=O) groups excluding carboxylic acids is 1. The summed E-state index contributed by atoms with van der Waals surface area (Å²) in [5.41, 5.74) is 0.695. The number of carbonyl (C=O) groups is 2. The largest absolute Gasteiger partial charge is 0.508 e. The molecule has 0 radical (unpaired) electrons. The van der Waals surface area contributed by atoms with E-state index in [1.165, 1.54) is 0 Å². The van der Waals surface area contributed by atoms with Crippen molar-refractivity contribution in [1.29, 1.82) is 0 Å². The zero-order valence-corrected chi connectivity index (χ0v) is 12.3. The van der Waals surface area contributed by atoms with Crippen molar-refractivity contribution in [2.24, 2.45) is 11.8 Å². The summed E-state index contributed by atoms with van der Waals surface area (Å²) in [6, 6.07) is 6.70. The molecule has 0 saturated heterocycles. The van der Waals surface area contributed by atoms with Crippen molar-refractivity contribution in [3.63, 3.8) is 0 Å². The molecule has 3 atom stereocenters. The number of benzene rings is 1. The first-order chi connectivity index (χ1) is 9.91. The molecule has 1 aromatic carbocycles. The SMILES string of the molecule is CC(c1ccccc1O)N(C)C(=O)C1CCC(C(=O)O)C1. The van der Waals surface area contributed by atoms with E-state index in [9.17, 15) is 14.7 Å². The molecule has 0 spiro atoms. The summed E-state index contributed by atoms with van der Waals surface area (Å²) in [5, 5.41) is 18.9. The standard InChI is InChI=1S/C16H21NO4/c1-10(13-5-3-4-6-14(13)18)17(2)15(19)11-7-8-12(9-11)16(20)21/h3-6,10-12,18H,7-9H2,1-2H3,(H,20,21). The van der Waals surface area contributed by atoms with Crippen LogP contribution in [0.5, 0.6) is 5.75 Å². The van der Waals surface area contributed by atoms with Gasteiger partial charge in [-0.2, -0.15) is 0 Å². The molecule has 5 nitrogen and oxygen atoms in total. The fraction of sp³-hybridized carbons (Fsp3) is 0.500. The first-order valence-electron chi connectivity index (χ1n) is 7.19. The van der Waals surface area contributed by atoms with Gasteiger partial charge in [0.2, 0.25) is 5.91 Å². The molecule has 2 N–H and O–H groups in total.